The van der Waals surface area contributed by atoms with Crippen LogP contribution in [-0.2, 0) is 0 Å². The van der Waals surface area contributed by atoms with Crippen LogP contribution in [0.5, 0.6) is 0 Å². The second-order valence-corrected chi connectivity index (χ2v) is 5.20. The molecule has 1 unspecified atom stereocenters. The molecular formula is C12H24ClN3O. The molecule has 0 aliphatic carbocycles. The maximum absolute atomic E-state index is 11.8. The maximum atomic E-state index is 11.8. The molecule has 0 spiro atoms. The van der Waals surface area contributed by atoms with Gasteiger partial charge in [-0.1, -0.05) is 0 Å². The van der Waals surface area contributed by atoms with Gasteiger partial charge >= 0.3 is 6.03 Å². The van der Waals surface area contributed by atoms with Crippen molar-refractivity contribution < 1.29 is 4.79 Å². The summed E-state index contributed by atoms with van der Waals surface area (Å²) >= 11 is 0. The Morgan fingerprint density at radius 2 is 1.88 bits per heavy atom. The third-order valence-corrected chi connectivity index (χ3v) is 3.86. The van der Waals surface area contributed by atoms with E-state index in [0.717, 1.165) is 37.9 Å². The average molecular weight is 262 g/mol. The van der Waals surface area contributed by atoms with E-state index in [9.17, 15) is 4.79 Å². The summed E-state index contributed by atoms with van der Waals surface area (Å²) in [6.45, 7) is 3.04. The molecule has 2 aliphatic heterocycles. The fourth-order valence-electron chi connectivity index (χ4n) is 2.89. The standard InChI is InChI=1S/C12H23N3O.ClH/c1-14(2)12(16)15-8-5-10(6-9-15)11-4-3-7-13-11;/h10-11,13H,3-9H2,1-2H3;1H. The van der Waals surface area contributed by atoms with Crippen LogP contribution in [0.15, 0.2) is 0 Å². The number of hydrogen-bond acceptors (Lipinski definition) is 2. The van der Waals surface area contributed by atoms with Crippen LogP contribution in [0.1, 0.15) is 25.7 Å². The van der Waals surface area contributed by atoms with Crippen molar-refractivity contribution in [3.8, 4) is 0 Å². The number of hydrogen-bond donors (Lipinski definition) is 1. The first-order valence-electron chi connectivity index (χ1n) is 6.38. The zero-order valence-corrected chi connectivity index (χ0v) is 11.6. The highest BCUT2D eigenvalue weighted by molar-refractivity contribution is 5.85. The van der Waals surface area contributed by atoms with E-state index in [1.54, 1.807) is 4.90 Å². The monoisotopic (exact) mass is 261 g/mol. The molecule has 1 N–H and O–H groups in total. The Labute approximate surface area is 110 Å². The van der Waals surface area contributed by atoms with Gasteiger partial charge in [0.2, 0.25) is 0 Å². The highest BCUT2D eigenvalue weighted by Crippen LogP contribution is 2.25. The molecule has 2 fully saturated rings. The summed E-state index contributed by atoms with van der Waals surface area (Å²) in [5.41, 5.74) is 0. The molecule has 0 bridgehead atoms. The highest BCUT2D eigenvalue weighted by Gasteiger charge is 2.30. The summed E-state index contributed by atoms with van der Waals surface area (Å²) in [7, 11) is 3.65. The number of amides is 2. The van der Waals surface area contributed by atoms with Gasteiger partial charge in [-0.2, -0.15) is 0 Å². The minimum absolute atomic E-state index is 0. The van der Waals surface area contributed by atoms with Crippen molar-refractivity contribution in [3.63, 3.8) is 0 Å². The Balaban J connectivity index is 0.00000144. The van der Waals surface area contributed by atoms with Crippen LogP contribution in [0.3, 0.4) is 0 Å². The van der Waals surface area contributed by atoms with Crippen LogP contribution in [0.2, 0.25) is 0 Å². The van der Waals surface area contributed by atoms with Crippen LogP contribution in [0.4, 0.5) is 4.79 Å². The third kappa shape index (κ3) is 3.49. The molecule has 2 rings (SSSR count). The molecule has 17 heavy (non-hydrogen) atoms. The van der Waals surface area contributed by atoms with E-state index >= 15 is 0 Å². The lowest BCUT2D eigenvalue weighted by atomic mass is 9.89. The summed E-state index contributed by atoms with van der Waals surface area (Å²) in [5.74, 6) is 0.786. The maximum Gasteiger partial charge on any atom is 0.319 e. The zero-order chi connectivity index (χ0) is 11.5. The van der Waals surface area contributed by atoms with Crippen molar-refractivity contribution in [2.75, 3.05) is 33.7 Å². The molecule has 0 radical (unpaired) electrons. The lowest BCUT2D eigenvalue weighted by Gasteiger charge is -2.36. The Bertz CT molecular complexity index is 246. The first-order valence-corrected chi connectivity index (χ1v) is 6.38. The number of carbonyl (C=O) groups excluding carboxylic acids is 1. The molecule has 100 valence electrons. The van der Waals surface area contributed by atoms with Gasteiger partial charge in [-0.15, -0.1) is 12.4 Å². The van der Waals surface area contributed by atoms with Gasteiger partial charge in [0.1, 0.15) is 0 Å². The van der Waals surface area contributed by atoms with E-state index in [1.807, 2.05) is 19.0 Å². The van der Waals surface area contributed by atoms with Crippen molar-refractivity contribution in [2.45, 2.75) is 31.7 Å². The molecule has 2 saturated heterocycles. The van der Waals surface area contributed by atoms with Gasteiger partial charge in [0.25, 0.3) is 0 Å². The molecule has 4 nitrogen and oxygen atoms in total. The Morgan fingerprint density at radius 3 is 2.35 bits per heavy atom. The van der Waals surface area contributed by atoms with Crippen LogP contribution < -0.4 is 5.32 Å². The van der Waals surface area contributed by atoms with Crippen molar-refractivity contribution in [1.82, 2.24) is 15.1 Å². The number of carbonyl (C=O) groups is 1. The normalized spacial score (nSPS) is 25.5. The quantitative estimate of drug-likeness (QED) is 0.778. The Kier molecular flexibility index (Phi) is 5.53. The van der Waals surface area contributed by atoms with E-state index in [0.29, 0.717) is 0 Å². The van der Waals surface area contributed by atoms with E-state index in [4.69, 9.17) is 0 Å². The third-order valence-electron chi connectivity index (χ3n) is 3.86. The molecule has 0 saturated carbocycles. The molecule has 2 aliphatic rings. The van der Waals surface area contributed by atoms with Crippen molar-refractivity contribution in [3.05, 3.63) is 0 Å². The molecule has 2 heterocycles. The number of halogens is 1. The minimum atomic E-state index is 0. The van der Waals surface area contributed by atoms with Crippen molar-refractivity contribution >= 4 is 18.4 Å². The van der Waals surface area contributed by atoms with Crippen molar-refractivity contribution in [2.24, 2.45) is 5.92 Å². The lowest BCUT2D eigenvalue weighted by molar-refractivity contribution is 0.139. The summed E-state index contributed by atoms with van der Waals surface area (Å²) in [5, 5.41) is 3.58. The lowest BCUT2D eigenvalue weighted by Crippen LogP contribution is -2.46. The number of likely N-dealkylation sites (tertiary alicyclic amines) is 1. The van der Waals surface area contributed by atoms with Crippen LogP contribution in [0, 0.1) is 5.92 Å². The summed E-state index contributed by atoms with van der Waals surface area (Å²) in [6, 6.07) is 0.884. The zero-order valence-electron chi connectivity index (χ0n) is 10.8. The van der Waals surface area contributed by atoms with Gasteiger partial charge in [0.15, 0.2) is 0 Å². The first-order chi connectivity index (χ1) is 7.68. The average Bonchev–Trinajstić information content (AvgIpc) is 2.81. The number of urea groups is 1. The van der Waals surface area contributed by atoms with Crippen molar-refractivity contribution in [1.29, 1.82) is 0 Å². The van der Waals surface area contributed by atoms with E-state index in [-0.39, 0.29) is 18.4 Å². The molecular weight excluding hydrogens is 238 g/mol. The van der Waals surface area contributed by atoms with Gasteiger partial charge in [-0.25, -0.2) is 4.79 Å². The molecule has 2 amide bonds. The van der Waals surface area contributed by atoms with E-state index < -0.39 is 0 Å². The number of nitrogens with zero attached hydrogens (tertiary/aromatic N) is 2. The Morgan fingerprint density at radius 1 is 1.24 bits per heavy atom. The van der Waals surface area contributed by atoms with E-state index in [1.165, 1.54) is 19.4 Å². The number of rotatable bonds is 1. The number of piperidine rings is 1. The summed E-state index contributed by atoms with van der Waals surface area (Å²) in [4.78, 5) is 15.4. The molecule has 0 aromatic carbocycles. The van der Waals surface area contributed by atoms with Crippen LogP contribution >= 0.6 is 12.4 Å². The molecule has 5 heteroatoms. The fraction of sp³-hybridized carbons (Fsp3) is 0.917. The topological polar surface area (TPSA) is 35.6 Å². The molecule has 1 atom stereocenters. The summed E-state index contributed by atoms with van der Waals surface area (Å²) < 4.78 is 0. The largest absolute Gasteiger partial charge is 0.331 e. The highest BCUT2D eigenvalue weighted by atomic mass is 35.5. The molecule has 0 aromatic rings. The summed E-state index contributed by atoms with van der Waals surface area (Å²) in [6.07, 6.45) is 4.97. The first kappa shape index (κ1) is 14.6. The Hall–Kier alpha value is -0.480. The van der Waals surface area contributed by atoms with Gasteiger partial charge in [-0.05, 0) is 38.1 Å². The number of nitrogens with one attached hydrogen (secondary N) is 1. The van der Waals surface area contributed by atoms with Gasteiger partial charge < -0.3 is 15.1 Å². The second-order valence-electron chi connectivity index (χ2n) is 5.20. The van der Waals surface area contributed by atoms with Gasteiger partial charge in [0.05, 0.1) is 0 Å². The van der Waals surface area contributed by atoms with Crippen LogP contribution in [0.25, 0.3) is 0 Å². The minimum Gasteiger partial charge on any atom is -0.331 e. The van der Waals surface area contributed by atoms with Crippen LogP contribution in [-0.4, -0.2) is 55.6 Å². The van der Waals surface area contributed by atoms with Gasteiger partial charge in [0, 0.05) is 33.2 Å². The van der Waals surface area contributed by atoms with Gasteiger partial charge in [-0.3, -0.25) is 0 Å². The van der Waals surface area contributed by atoms with E-state index in [2.05, 4.69) is 5.32 Å². The predicted molar refractivity (Wildman–Crippen MR) is 71.7 cm³/mol. The molecule has 0 aromatic heterocycles. The predicted octanol–water partition coefficient (Wildman–Crippen LogP) is 1.55. The SMILES string of the molecule is CN(C)C(=O)N1CCC(C2CCCN2)CC1.Cl. The second kappa shape index (κ2) is 6.45. The fourth-order valence-corrected chi connectivity index (χ4v) is 2.89. The smallest absolute Gasteiger partial charge is 0.319 e.